The van der Waals surface area contributed by atoms with E-state index in [9.17, 15) is 0 Å². The van der Waals surface area contributed by atoms with E-state index in [2.05, 4.69) is 34.5 Å². The van der Waals surface area contributed by atoms with Crippen molar-refractivity contribution < 1.29 is 0 Å². The zero-order valence-corrected chi connectivity index (χ0v) is 6.76. The second-order valence-electron chi connectivity index (χ2n) is 1.89. The van der Waals surface area contributed by atoms with Crippen molar-refractivity contribution in [3.05, 3.63) is 5.82 Å². The second kappa shape index (κ2) is 6.19. The molecule has 0 aliphatic heterocycles. The van der Waals surface area contributed by atoms with Gasteiger partial charge in [-0.3, -0.25) is 0 Å². The molecule has 0 radical (unpaired) electrons. The Hall–Kier alpha value is -0.930. The van der Waals surface area contributed by atoms with E-state index in [1.54, 1.807) is 0 Å². The molecule has 0 amide bonds. The maximum atomic E-state index is 3.69. The smallest absolute Gasteiger partial charge is 0.174 e. The summed E-state index contributed by atoms with van der Waals surface area (Å²) in [6, 6.07) is 0. The molecular weight excluding hydrogens is 128 g/mol. The van der Waals surface area contributed by atoms with Crippen molar-refractivity contribution in [2.75, 3.05) is 0 Å². The number of rotatable bonds is 1. The summed E-state index contributed by atoms with van der Waals surface area (Å²) < 4.78 is 0. The lowest BCUT2D eigenvalue weighted by Crippen LogP contribution is -1.80. The van der Waals surface area contributed by atoms with Gasteiger partial charge >= 0.3 is 0 Å². The molecule has 1 aromatic rings. The third-order valence-electron chi connectivity index (χ3n) is 0.705. The molecule has 1 rings (SSSR count). The maximum absolute atomic E-state index is 3.69. The standard InChI is InChI=1S/C3H6N4.C3H8/c1-2-3-4-6-7-5-3;1-3-2/h2H2,1H3,(H,4,5,6,7);3H2,1-2H3. The lowest BCUT2D eigenvalue weighted by atomic mass is 10.5. The van der Waals surface area contributed by atoms with Crippen molar-refractivity contribution in [2.45, 2.75) is 33.6 Å². The van der Waals surface area contributed by atoms with Crippen molar-refractivity contribution in [3.8, 4) is 0 Å². The van der Waals surface area contributed by atoms with Gasteiger partial charge in [-0.25, -0.2) is 0 Å². The highest BCUT2D eigenvalue weighted by atomic mass is 15.5. The number of tetrazole rings is 1. The van der Waals surface area contributed by atoms with E-state index in [4.69, 9.17) is 0 Å². The van der Waals surface area contributed by atoms with E-state index in [0.29, 0.717) is 0 Å². The maximum Gasteiger partial charge on any atom is 0.174 e. The first kappa shape index (κ1) is 9.07. The largest absolute Gasteiger partial charge is 0.177 e. The van der Waals surface area contributed by atoms with Crippen molar-refractivity contribution >= 4 is 0 Å². The van der Waals surface area contributed by atoms with Gasteiger partial charge in [0.15, 0.2) is 5.82 Å². The van der Waals surface area contributed by atoms with Crippen LogP contribution in [0.2, 0.25) is 0 Å². The fourth-order valence-electron chi connectivity index (χ4n) is 0.332. The minimum atomic E-state index is 0.764. The van der Waals surface area contributed by atoms with Crippen LogP contribution in [0, 0.1) is 0 Å². The normalized spacial score (nSPS) is 8.30. The van der Waals surface area contributed by atoms with Gasteiger partial charge in [-0.05, 0) is 0 Å². The van der Waals surface area contributed by atoms with Gasteiger partial charge in [0, 0.05) is 6.42 Å². The van der Waals surface area contributed by atoms with E-state index < -0.39 is 0 Å². The fourth-order valence-corrected chi connectivity index (χ4v) is 0.332. The molecule has 0 aromatic carbocycles. The molecule has 1 aromatic heterocycles. The molecule has 0 fully saturated rings. The summed E-state index contributed by atoms with van der Waals surface area (Å²) in [6.07, 6.45) is 2.09. The van der Waals surface area contributed by atoms with Crippen molar-refractivity contribution in [3.63, 3.8) is 0 Å². The number of nitrogens with zero attached hydrogens (tertiary/aromatic N) is 3. The minimum absolute atomic E-state index is 0.764. The highest BCUT2D eigenvalue weighted by molar-refractivity contribution is 4.71. The Balaban J connectivity index is 0.000000236. The quantitative estimate of drug-likeness (QED) is 0.640. The molecule has 0 saturated heterocycles. The molecule has 0 aliphatic rings. The zero-order valence-electron chi connectivity index (χ0n) is 6.76. The molecular formula is C6H14N4. The topological polar surface area (TPSA) is 54.5 Å². The number of nitrogens with one attached hydrogen (secondary N) is 1. The summed E-state index contributed by atoms with van der Waals surface area (Å²) in [5.41, 5.74) is 0. The summed E-state index contributed by atoms with van der Waals surface area (Å²) in [4.78, 5) is 0. The Morgan fingerprint density at radius 2 is 1.90 bits per heavy atom. The van der Waals surface area contributed by atoms with Crippen LogP contribution < -0.4 is 0 Å². The van der Waals surface area contributed by atoms with Gasteiger partial charge in [-0.15, -0.1) is 10.2 Å². The summed E-state index contributed by atoms with van der Waals surface area (Å²) in [5.74, 6) is 0.764. The van der Waals surface area contributed by atoms with Crippen LogP contribution in [0.4, 0.5) is 0 Å². The summed E-state index contributed by atoms with van der Waals surface area (Å²) >= 11 is 0. The van der Waals surface area contributed by atoms with E-state index in [1.165, 1.54) is 6.42 Å². The van der Waals surface area contributed by atoms with Gasteiger partial charge in [-0.1, -0.05) is 32.4 Å². The van der Waals surface area contributed by atoms with Crippen LogP contribution in [-0.4, -0.2) is 20.6 Å². The van der Waals surface area contributed by atoms with E-state index in [-0.39, 0.29) is 0 Å². The highest BCUT2D eigenvalue weighted by Gasteiger charge is 1.87. The number of hydrogen-bond donors (Lipinski definition) is 1. The molecule has 4 heteroatoms. The molecule has 0 unspecified atom stereocenters. The number of hydrogen-bond acceptors (Lipinski definition) is 3. The Kier molecular flexibility index (Phi) is 5.62. The zero-order chi connectivity index (χ0) is 7.82. The summed E-state index contributed by atoms with van der Waals surface area (Å²) in [5, 5.41) is 13.1. The first-order valence-electron chi connectivity index (χ1n) is 3.57. The van der Waals surface area contributed by atoms with Crippen LogP contribution in [-0.2, 0) is 6.42 Å². The first-order chi connectivity index (χ1) is 4.85. The van der Waals surface area contributed by atoms with E-state index in [0.717, 1.165) is 12.2 Å². The molecule has 4 nitrogen and oxygen atoms in total. The Labute approximate surface area is 61.0 Å². The number of aromatic nitrogens is 4. The Bertz CT molecular complexity index is 135. The lowest BCUT2D eigenvalue weighted by molar-refractivity contribution is 0.881. The molecule has 1 heterocycles. The van der Waals surface area contributed by atoms with Gasteiger partial charge in [0.05, 0.1) is 0 Å². The van der Waals surface area contributed by atoms with Crippen LogP contribution >= 0.6 is 0 Å². The van der Waals surface area contributed by atoms with Crippen LogP contribution in [0.15, 0.2) is 0 Å². The van der Waals surface area contributed by atoms with Gasteiger partial charge in [0.1, 0.15) is 0 Å². The molecule has 0 saturated carbocycles. The highest BCUT2D eigenvalue weighted by Crippen LogP contribution is 1.79. The third kappa shape index (κ3) is 4.00. The summed E-state index contributed by atoms with van der Waals surface area (Å²) in [6.45, 7) is 6.23. The van der Waals surface area contributed by atoms with Crippen molar-refractivity contribution in [1.82, 2.24) is 20.6 Å². The van der Waals surface area contributed by atoms with Crippen LogP contribution in [0.5, 0.6) is 0 Å². The van der Waals surface area contributed by atoms with Crippen LogP contribution in [0.25, 0.3) is 0 Å². The molecule has 0 bridgehead atoms. The summed E-state index contributed by atoms with van der Waals surface area (Å²) in [7, 11) is 0. The van der Waals surface area contributed by atoms with Gasteiger partial charge in [0.2, 0.25) is 0 Å². The molecule has 0 aliphatic carbocycles. The lowest BCUT2D eigenvalue weighted by Gasteiger charge is -1.72. The van der Waals surface area contributed by atoms with Gasteiger partial charge in [0.25, 0.3) is 0 Å². The average molecular weight is 142 g/mol. The fraction of sp³-hybridized carbons (Fsp3) is 0.833. The van der Waals surface area contributed by atoms with Crippen molar-refractivity contribution in [2.24, 2.45) is 0 Å². The van der Waals surface area contributed by atoms with Crippen molar-refractivity contribution in [1.29, 1.82) is 0 Å². The number of aromatic amines is 1. The average Bonchev–Trinajstić information content (AvgIpc) is 2.39. The second-order valence-corrected chi connectivity index (χ2v) is 1.89. The molecule has 0 spiro atoms. The minimum Gasteiger partial charge on any atom is -0.177 e. The van der Waals surface area contributed by atoms with E-state index in [1.807, 2.05) is 6.92 Å². The Morgan fingerprint density at radius 1 is 1.30 bits per heavy atom. The first-order valence-corrected chi connectivity index (χ1v) is 3.57. The number of H-pyrrole nitrogens is 1. The number of aryl methyl sites for hydroxylation is 1. The van der Waals surface area contributed by atoms with Crippen LogP contribution in [0.1, 0.15) is 33.0 Å². The monoisotopic (exact) mass is 142 g/mol. The molecule has 58 valence electrons. The third-order valence-corrected chi connectivity index (χ3v) is 0.705. The molecule has 10 heavy (non-hydrogen) atoms. The van der Waals surface area contributed by atoms with Crippen LogP contribution in [0.3, 0.4) is 0 Å². The SMILES string of the molecule is CCC.CCc1nn[nH]n1. The predicted octanol–water partition coefficient (Wildman–Crippen LogP) is 1.18. The molecule has 0 atom stereocenters. The predicted molar refractivity (Wildman–Crippen MR) is 39.5 cm³/mol. The van der Waals surface area contributed by atoms with Gasteiger partial charge in [-0.2, -0.15) is 5.21 Å². The molecule has 1 N–H and O–H groups in total. The Morgan fingerprint density at radius 3 is 2.10 bits per heavy atom. The van der Waals surface area contributed by atoms with Gasteiger partial charge < -0.3 is 0 Å². The van der Waals surface area contributed by atoms with E-state index >= 15 is 0 Å².